The Morgan fingerprint density at radius 3 is 2.10 bits per heavy atom. The third-order valence-corrected chi connectivity index (χ3v) is 9.49. The number of aromatic amines is 1. The lowest BCUT2D eigenvalue weighted by molar-refractivity contribution is 0.404. The van der Waals surface area contributed by atoms with Crippen LogP contribution in [0.4, 0.5) is 0 Å². The summed E-state index contributed by atoms with van der Waals surface area (Å²) in [5, 5.41) is 8.51. The Labute approximate surface area is 176 Å². The van der Waals surface area contributed by atoms with Crippen LogP contribution in [0.15, 0.2) is 52.3 Å². The summed E-state index contributed by atoms with van der Waals surface area (Å²) in [6.07, 6.45) is 0.419. The van der Waals surface area contributed by atoms with Gasteiger partial charge in [0.2, 0.25) is 20.0 Å². The normalized spacial score (nSPS) is 17.3. The van der Waals surface area contributed by atoms with Crippen LogP contribution in [-0.4, -0.2) is 61.8 Å². The van der Waals surface area contributed by atoms with E-state index in [1.807, 2.05) is 24.3 Å². The maximum Gasteiger partial charge on any atom is 0.246 e. The molecule has 2 aromatic carbocycles. The van der Waals surface area contributed by atoms with Gasteiger partial charge in [-0.2, -0.15) is 13.7 Å². The number of benzene rings is 2. The molecule has 1 aliphatic heterocycles. The van der Waals surface area contributed by atoms with Crippen molar-refractivity contribution in [3.63, 3.8) is 0 Å². The highest BCUT2D eigenvalue weighted by molar-refractivity contribution is 7.89. The summed E-state index contributed by atoms with van der Waals surface area (Å²) in [6.45, 7) is 4.04. The summed E-state index contributed by atoms with van der Waals surface area (Å²) < 4.78 is 55.4. The Balaban J connectivity index is 1.59. The van der Waals surface area contributed by atoms with Crippen molar-refractivity contribution >= 4 is 30.8 Å². The Kier molecular flexibility index (Phi) is 5.43. The number of rotatable bonds is 4. The second-order valence-electron chi connectivity index (χ2n) is 7.43. The summed E-state index contributed by atoms with van der Waals surface area (Å²) in [6, 6.07) is 12.6. The van der Waals surface area contributed by atoms with E-state index in [1.165, 1.54) is 8.61 Å². The zero-order valence-corrected chi connectivity index (χ0v) is 18.5. The molecule has 0 unspecified atom stereocenters. The lowest BCUT2D eigenvalue weighted by Crippen LogP contribution is -2.37. The van der Waals surface area contributed by atoms with Gasteiger partial charge in [0.25, 0.3) is 0 Å². The predicted octanol–water partition coefficient (Wildman–Crippen LogP) is 2.27. The fourth-order valence-electron chi connectivity index (χ4n) is 3.88. The molecule has 1 N–H and O–H groups in total. The molecule has 0 radical (unpaired) electrons. The molecule has 0 amide bonds. The van der Waals surface area contributed by atoms with E-state index in [0.717, 1.165) is 10.8 Å². The SMILES string of the molecule is Cc1n[nH]c(C)c1S(=O)(=O)N1CCCN(S(=O)(=O)c2ccc3ccccc3c2)CC1. The van der Waals surface area contributed by atoms with Gasteiger partial charge in [0.15, 0.2) is 0 Å². The number of hydrogen-bond donors (Lipinski definition) is 1. The summed E-state index contributed by atoms with van der Waals surface area (Å²) in [5.41, 5.74) is 0.898. The van der Waals surface area contributed by atoms with Crippen LogP contribution in [0.5, 0.6) is 0 Å². The Morgan fingerprint density at radius 1 is 0.833 bits per heavy atom. The molecule has 4 rings (SSSR count). The minimum Gasteiger partial charge on any atom is -0.281 e. The molecule has 1 aromatic heterocycles. The highest BCUT2D eigenvalue weighted by Crippen LogP contribution is 2.26. The molecule has 1 saturated heterocycles. The maximum atomic E-state index is 13.2. The second kappa shape index (κ2) is 7.77. The van der Waals surface area contributed by atoms with Crippen molar-refractivity contribution in [1.29, 1.82) is 0 Å². The van der Waals surface area contributed by atoms with Gasteiger partial charge >= 0.3 is 0 Å². The first-order valence-corrected chi connectivity index (χ1v) is 12.6. The maximum absolute atomic E-state index is 13.2. The molecule has 10 heteroatoms. The van der Waals surface area contributed by atoms with Crippen molar-refractivity contribution in [3.8, 4) is 0 Å². The highest BCUT2D eigenvalue weighted by Gasteiger charge is 2.34. The van der Waals surface area contributed by atoms with Crippen molar-refractivity contribution < 1.29 is 16.8 Å². The monoisotopic (exact) mass is 448 g/mol. The van der Waals surface area contributed by atoms with Crippen LogP contribution < -0.4 is 0 Å². The van der Waals surface area contributed by atoms with E-state index in [1.54, 1.807) is 32.0 Å². The fraction of sp³-hybridized carbons (Fsp3) is 0.350. The van der Waals surface area contributed by atoms with Gasteiger partial charge in [0, 0.05) is 26.2 Å². The Hall–Kier alpha value is -2.27. The minimum atomic E-state index is -3.75. The van der Waals surface area contributed by atoms with Crippen LogP contribution in [0.3, 0.4) is 0 Å². The average Bonchev–Trinajstić information content (AvgIpc) is 2.92. The van der Waals surface area contributed by atoms with E-state index < -0.39 is 20.0 Å². The molecule has 1 aliphatic rings. The lowest BCUT2D eigenvalue weighted by atomic mass is 10.1. The highest BCUT2D eigenvalue weighted by atomic mass is 32.2. The van der Waals surface area contributed by atoms with E-state index in [-0.39, 0.29) is 36.0 Å². The number of aromatic nitrogens is 2. The minimum absolute atomic E-state index is 0.0964. The van der Waals surface area contributed by atoms with Crippen LogP contribution in [0.1, 0.15) is 17.8 Å². The first-order chi connectivity index (χ1) is 14.2. The molecular formula is C20H24N4O4S2. The number of sulfonamides is 2. The first kappa shape index (κ1) is 21.0. The molecule has 0 saturated carbocycles. The standard InChI is InChI=1S/C20H24N4O4S2/c1-15-20(16(2)22-21-15)30(27,28)24-11-5-10-23(12-13-24)29(25,26)19-9-8-17-6-3-4-7-18(17)14-19/h3-4,6-9,14H,5,10-13H2,1-2H3,(H,21,22). The molecule has 0 atom stereocenters. The summed E-state index contributed by atoms with van der Waals surface area (Å²) in [5.74, 6) is 0. The van der Waals surface area contributed by atoms with E-state index in [4.69, 9.17) is 0 Å². The number of nitrogens with zero attached hydrogens (tertiary/aromatic N) is 3. The summed E-state index contributed by atoms with van der Waals surface area (Å²) >= 11 is 0. The number of H-pyrrole nitrogens is 1. The zero-order valence-electron chi connectivity index (χ0n) is 16.9. The van der Waals surface area contributed by atoms with Gasteiger partial charge in [0.1, 0.15) is 4.90 Å². The number of nitrogens with one attached hydrogen (secondary N) is 1. The number of aryl methyl sites for hydroxylation is 2. The van der Waals surface area contributed by atoms with Crippen LogP contribution in [0, 0.1) is 13.8 Å². The van der Waals surface area contributed by atoms with Crippen LogP contribution >= 0.6 is 0 Å². The smallest absolute Gasteiger partial charge is 0.246 e. The van der Waals surface area contributed by atoms with Gasteiger partial charge in [-0.05, 0) is 43.2 Å². The average molecular weight is 449 g/mol. The van der Waals surface area contributed by atoms with Gasteiger partial charge in [-0.25, -0.2) is 16.8 Å². The molecule has 30 heavy (non-hydrogen) atoms. The van der Waals surface area contributed by atoms with Gasteiger partial charge < -0.3 is 0 Å². The third kappa shape index (κ3) is 3.64. The predicted molar refractivity (Wildman–Crippen MR) is 114 cm³/mol. The molecule has 0 aliphatic carbocycles. The molecule has 0 spiro atoms. The van der Waals surface area contributed by atoms with Crippen molar-refractivity contribution in [2.75, 3.05) is 26.2 Å². The topological polar surface area (TPSA) is 103 Å². The van der Waals surface area contributed by atoms with E-state index in [9.17, 15) is 16.8 Å². The largest absolute Gasteiger partial charge is 0.281 e. The summed E-state index contributed by atoms with van der Waals surface area (Å²) in [4.78, 5) is 0.396. The molecule has 2 heterocycles. The van der Waals surface area contributed by atoms with Crippen molar-refractivity contribution in [2.24, 2.45) is 0 Å². The lowest BCUT2D eigenvalue weighted by Gasteiger charge is -2.22. The van der Waals surface area contributed by atoms with Crippen LogP contribution in [0.2, 0.25) is 0 Å². The van der Waals surface area contributed by atoms with Gasteiger partial charge in [-0.1, -0.05) is 30.3 Å². The van der Waals surface area contributed by atoms with Gasteiger partial charge in [-0.15, -0.1) is 0 Å². The second-order valence-corrected chi connectivity index (χ2v) is 11.2. The molecule has 1 fully saturated rings. The first-order valence-electron chi connectivity index (χ1n) is 9.72. The van der Waals surface area contributed by atoms with Crippen molar-refractivity contribution in [3.05, 3.63) is 53.9 Å². The fourth-order valence-corrected chi connectivity index (χ4v) is 7.18. The quantitative estimate of drug-likeness (QED) is 0.659. The zero-order chi connectivity index (χ0) is 21.5. The van der Waals surface area contributed by atoms with Crippen LogP contribution in [-0.2, 0) is 20.0 Å². The van der Waals surface area contributed by atoms with Crippen molar-refractivity contribution in [1.82, 2.24) is 18.8 Å². The molecular weight excluding hydrogens is 424 g/mol. The van der Waals surface area contributed by atoms with Gasteiger partial charge in [-0.3, -0.25) is 5.10 Å². The molecule has 3 aromatic rings. The summed E-state index contributed by atoms with van der Waals surface area (Å²) in [7, 11) is -7.47. The Morgan fingerprint density at radius 2 is 1.47 bits per heavy atom. The third-order valence-electron chi connectivity index (χ3n) is 5.43. The van der Waals surface area contributed by atoms with E-state index >= 15 is 0 Å². The van der Waals surface area contributed by atoms with Gasteiger partial charge in [0.05, 0.1) is 16.3 Å². The van der Waals surface area contributed by atoms with Crippen molar-refractivity contribution in [2.45, 2.75) is 30.1 Å². The molecule has 160 valence electrons. The number of fused-ring (bicyclic) bond motifs is 1. The van der Waals surface area contributed by atoms with E-state index in [2.05, 4.69) is 10.2 Å². The van der Waals surface area contributed by atoms with E-state index in [0.29, 0.717) is 17.8 Å². The Bertz CT molecular complexity index is 1280. The number of hydrogen-bond acceptors (Lipinski definition) is 5. The molecule has 8 nitrogen and oxygen atoms in total. The van der Waals surface area contributed by atoms with Crippen LogP contribution in [0.25, 0.3) is 10.8 Å². The molecule has 0 bridgehead atoms.